The molecule has 66 valence electrons. The molecule has 1 heterocycles. The molecule has 13 heavy (non-hydrogen) atoms. The van der Waals surface area contributed by atoms with Gasteiger partial charge in [0.2, 0.25) is 5.91 Å². The molecule has 0 saturated carbocycles. The topological polar surface area (TPSA) is 29.1 Å². The monoisotopic (exact) mass is 173 g/mol. The lowest BCUT2D eigenvalue weighted by molar-refractivity contribution is -0.119. The van der Waals surface area contributed by atoms with E-state index < -0.39 is 0 Å². The number of benzene rings is 1. The standard InChI is InChI=1S/C11H11NO/c1-8-6-9-4-2-3-5-10(9)7-11(13)12-8/h2-6H,7H2,1H3,(H,12,13). The Bertz CT molecular complexity index is 379. The summed E-state index contributed by atoms with van der Waals surface area (Å²) in [5.74, 6) is 0.0682. The Morgan fingerprint density at radius 1 is 1.31 bits per heavy atom. The van der Waals surface area contributed by atoms with E-state index in [2.05, 4.69) is 5.32 Å². The van der Waals surface area contributed by atoms with Gasteiger partial charge in [0.1, 0.15) is 0 Å². The van der Waals surface area contributed by atoms with Crippen LogP contribution in [-0.2, 0) is 11.2 Å². The lowest BCUT2D eigenvalue weighted by Crippen LogP contribution is -2.21. The highest BCUT2D eigenvalue weighted by Gasteiger charge is 2.10. The summed E-state index contributed by atoms with van der Waals surface area (Å²) in [5, 5.41) is 2.81. The first-order chi connectivity index (χ1) is 6.25. The summed E-state index contributed by atoms with van der Waals surface area (Å²) in [6.07, 6.45) is 2.48. The first-order valence-corrected chi connectivity index (χ1v) is 4.32. The fourth-order valence-electron chi connectivity index (χ4n) is 1.54. The second-order valence-corrected chi connectivity index (χ2v) is 3.25. The van der Waals surface area contributed by atoms with Gasteiger partial charge < -0.3 is 5.32 Å². The van der Waals surface area contributed by atoms with Crippen LogP contribution in [0.25, 0.3) is 6.08 Å². The number of hydrogen-bond acceptors (Lipinski definition) is 1. The van der Waals surface area contributed by atoms with Crippen molar-refractivity contribution in [1.29, 1.82) is 0 Å². The highest BCUT2D eigenvalue weighted by atomic mass is 16.1. The van der Waals surface area contributed by atoms with E-state index in [9.17, 15) is 4.79 Å². The van der Waals surface area contributed by atoms with Crippen LogP contribution in [-0.4, -0.2) is 5.91 Å². The van der Waals surface area contributed by atoms with E-state index in [1.165, 1.54) is 0 Å². The largest absolute Gasteiger partial charge is 0.330 e. The Kier molecular flexibility index (Phi) is 1.89. The minimum atomic E-state index is 0.0682. The van der Waals surface area contributed by atoms with Crippen LogP contribution in [0, 0.1) is 0 Å². The number of carbonyl (C=O) groups is 1. The molecule has 1 aromatic carbocycles. The molecule has 0 fully saturated rings. The Morgan fingerprint density at radius 3 is 2.92 bits per heavy atom. The first kappa shape index (κ1) is 8.05. The van der Waals surface area contributed by atoms with Gasteiger partial charge in [-0.2, -0.15) is 0 Å². The Morgan fingerprint density at radius 2 is 2.08 bits per heavy atom. The maximum Gasteiger partial charge on any atom is 0.228 e. The van der Waals surface area contributed by atoms with Crippen molar-refractivity contribution < 1.29 is 4.79 Å². The number of carbonyl (C=O) groups excluding carboxylic acids is 1. The van der Waals surface area contributed by atoms with Crippen LogP contribution in [0.4, 0.5) is 0 Å². The van der Waals surface area contributed by atoms with Crippen molar-refractivity contribution in [2.24, 2.45) is 0 Å². The van der Waals surface area contributed by atoms with Gasteiger partial charge in [0.25, 0.3) is 0 Å². The minimum Gasteiger partial charge on any atom is -0.330 e. The van der Waals surface area contributed by atoms with Gasteiger partial charge in [-0.05, 0) is 24.1 Å². The average molecular weight is 173 g/mol. The molecule has 1 aromatic rings. The second kappa shape index (κ2) is 3.05. The maximum absolute atomic E-state index is 11.3. The summed E-state index contributed by atoms with van der Waals surface area (Å²) >= 11 is 0. The van der Waals surface area contributed by atoms with Crippen molar-refractivity contribution >= 4 is 12.0 Å². The molecular weight excluding hydrogens is 162 g/mol. The summed E-state index contributed by atoms with van der Waals surface area (Å²) < 4.78 is 0. The Balaban J connectivity index is 2.51. The van der Waals surface area contributed by atoms with E-state index in [1.54, 1.807) is 0 Å². The summed E-state index contributed by atoms with van der Waals surface area (Å²) in [7, 11) is 0. The van der Waals surface area contributed by atoms with Gasteiger partial charge >= 0.3 is 0 Å². The van der Waals surface area contributed by atoms with Gasteiger partial charge in [-0.3, -0.25) is 4.79 Å². The van der Waals surface area contributed by atoms with Crippen molar-refractivity contribution in [2.75, 3.05) is 0 Å². The molecule has 0 aromatic heterocycles. The zero-order valence-electron chi connectivity index (χ0n) is 7.50. The number of amides is 1. The average Bonchev–Trinajstić information content (AvgIpc) is 2.20. The predicted molar refractivity (Wildman–Crippen MR) is 51.9 cm³/mol. The van der Waals surface area contributed by atoms with E-state index in [0.29, 0.717) is 6.42 Å². The molecule has 2 nitrogen and oxygen atoms in total. The molecule has 0 bridgehead atoms. The molecule has 1 N–H and O–H groups in total. The molecular formula is C11H11NO. The number of fused-ring (bicyclic) bond motifs is 1. The van der Waals surface area contributed by atoms with Gasteiger partial charge in [-0.25, -0.2) is 0 Å². The van der Waals surface area contributed by atoms with Crippen molar-refractivity contribution in [1.82, 2.24) is 5.32 Å². The summed E-state index contributed by atoms with van der Waals surface area (Å²) in [5.41, 5.74) is 3.14. The summed E-state index contributed by atoms with van der Waals surface area (Å²) in [6.45, 7) is 1.90. The fraction of sp³-hybridized carbons (Fsp3) is 0.182. The SMILES string of the molecule is CC1=Cc2ccccc2CC(=O)N1. The Hall–Kier alpha value is -1.57. The van der Waals surface area contributed by atoms with Crippen molar-refractivity contribution in [3.63, 3.8) is 0 Å². The molecule has 2 heteroatoms. The lowest BCUT2D eigenvalue weighted by Gasteiger charge is -2.00. The fourth-order valence-corrected chi connectivity index (χ4v) is 1.54. The lowest BCUT2D eigenvalue weighted by atomic mass is 10.1. The van der Waals surface area contributed by atoms with Crippen LogP contribution in [0.2, 0.25) is 0 Å². The molecule has 0 atom stereocenters. The molecule has 2 rings (SSSR count). The van der Waals surface area contributed by atoms with Crippen LogP contribution in [0.3, 0.4) is 0 Å². The highest BCUT2D eigenvalue weighted by molar-refractivity contribution is 5.84. The van der Waals surface area contributed by atoms with Crippen molar-refractivity contribution in [3.8, 4) is 0 Å². The molecule has 1 aliphatic rings. The summed E-state index contributed by atoms with van der Waals surface area (Å²) in [6, 6.07) is 7.96. The van der Waals surface area contributed by atoms with E-state index in [4.69, 9.17) is 0 Å². The number of hydrogen-bond donors (Lipinski definition) is 1. The van der Waals surface area contributed by atoms with Crippen LogP contribution in [0.1, 0.15) is 18.1 Å². The van der Waals surface area contributed by atoms with E-state index in [0.717, 1.165) is 16.8 Å². The van der Waals surface area contributed by atoms with E-state index in [1.807, 2.05) is 37.3 Å². The molecule has 0 aliphatic carbocycles. The Labute approximate surface area is 77.3 Å². The smallest absolute Gasteiger partial charge is 0.228 e. The third kappa shape index (κ3) is 1.61. The molecule has 1 amide bonds. The molecule has 0 unspecified atom stereocenters. The van der Waals surface area contributed by atoms with Crippen LogP contribution in [0.15, 0.2) is 30.0 Å². The number of rotatable bonds is 0. The number of nitrogens with one attached hydrogen (secondary N) is 1. The highest BCUT2D eigenvalue weighted by Crippen LogP contribution is 2.15. The predicted octanol–water partition coefficient (Wildman–Crippen LogP) is 1.72. The first-order valence-electron chi connectivity index (χ1n) is 4.32. The third-order valence-corrected chi connectivity index (χ3v) is 2.11. The van der Waals surface area contributed by atoms with Crippen LogP contribution in [0.5, 0.6) is 0 Å². The van der Waals surface area contributed by atoms with Gasteiger partial charge in [0.15, 0.2) is 0 Å². The molecule has 0 spiro atoms. The zero-order chi connectivity index (χ0) is 9.26. The number of allylic oxidation sites excluding steroid dienone is 1. The van der Waals surface area contributed by atoms with E-state index in [-0.39, 0.29) is 5.91 Å². The molecule has 1 aliphatic heterocycles. The normalized spacial score (nSPS) is 15.5. The quantitative estimate of drug-likeness (QED) is 0.636. The maximum atomic E-state index is 11.3. The minimum absolute atomic E-state index is 0.0682. The van der Waals surface area contributed by atoms with Gasteiger partial charge in [-0.15, -0.1) is 0 Å². The van der Waals surface area contributed by atoms with Gasteiger partial charge in [-0.1, -0.05) is 24.3 Å². The third-order valence-electron chi connectivity index (χ3n) is 2.11. The zero-order valence-corrected chi connectivity index (χ0v) is 7.50. The van der Waals surface area contributed by atoms with Crippen LogP contribution < -0.4 is 5.32 Å². The van der Waals surface area contributed by atoms with Gasteiger partial charge in [0, 0.05) is 5.70 Å². The van der Waals surface area contributed by atoms with Gasteiger partial charge in [0.05, 0.1) is 6.42 Å². The summed E-state index contributed by atoms with van der Waals surface area (Å²) in [4.78, 5) is 11.3. The second-order valence-electron chi connectivity index (χ2n) is 3.25. The van der Waals surface area contributed by atoms with Crippen LogP contribution >= 0.6 is 0 Å². The van der Waals surface area contributed by atoms with E-state index >= 15 is 0 Å². The molecule has 0 saturated heterocycles. The molecule has 0 radical (unpaired) electrons. The van der Waals surface area contributed by atoms with Crippen molar-refractivity contribution in [3.05, 3.63) is 41.1 Å². The van der Waals surface area contributed by atoms with Crippen molar-refractivity contribution in [2.45, 2.75) is 13.3 Å².